The average molecular weight is 338 g/mol. The van der Waals surface area contributed by atoms with E-state index in [1.54, 1.807) is 24.5 Å². The molecule has 0 aliphatic rings. The fraction of sp³-hybridized carbons (Fsp3) is 0.167. The monoisotopic (exact) mass is 338 g/mol. The number of anilines is 2. The van der Waals surface area contributed by atoms with Crippen LogP contribution in [-0.2, 0) is 6.54 Å². The standard InChI is InChI=1S/C18H18N4O3/c1-2-24-16-8-4-3-7-14(16)21-18-19-10-9-15(22-18)17(23)20-12-13-6-5-11-25-13/h3-11H,2,12H2,1H3,(H,20,23)(H,19,21,22). The number of carbonyl (C=O) groups is 1. The number of hydrogen-bond acceptors (Lipinski definition) is 6. The molecule has 0 atom stereocenters. The highest BCUT2D eigenvalue weighted by Gasteiger charge is 2.10. The van der Waals surface area contributed by atoms with Gasteiger partial charge >= 0.3 is 0 Å². The number of nitrogens with one attached hydrogen (secondary N) is 2. The molecule has 7 nitrogen and oxygen atoms in total. The number of furan rings is 1. The van der Waals surface area contributed by atoms with Crippen LogP contribution in [0.15, 0.2) is 59.3 Å². The van der Waals surface area contributed by atoms with Crippen molar-refractivity contribution in [3.8, 4) is 5.75 Å². The van der Waals surface area contributed by atoms with Crippen molar-refractivity contribution in [2.75, 3.05) is 11.9 Å². The van der Waals surface area contributed by atoms with Gasteiger partial charge in [-0.2, -0.15) is 0 Å². The van der Waals surface area contributed by atoms with Crippen molar-refractivity contribution in [3.05, 3.63) is 66.4 Å². The molecule has 0 saturated heterocycles. The van der Waals surface area contributed by atoms with Gasteiger partial charge < -0.3 is 19.8 Å². The first kappa shape index (κ1) is 16.5. The highest BCUT2D eigenvalue weighted by Crippen LogP contribution is 2.25. The highest BCUT2D eigenvalue weighted by atomic mass is 16.5. The first-order chi connectivity index (χ1) is 12.3. The summed E-state index contributed by atoms with van der Waals surface area (Å²) < 4.78 is 10.7. The van der Waals surface area contributed by atoms with E-state index in [1.165, 1.54) is 6.20 Å². The molecule has 2 aromatic heterocycles. The Morgan fingerprint density at radius 3 is 2.88 bits per heavy atom. The smallest absolute Gasteiger partial charge is 0.270 e. The number of rotatable bonds is 7. The number of ether oxygens (including phenoxy) is 1. The summed E-state index contributed by atoms with van der Waals surface area (Å²) in [6.07, 6.45) is 3.09. The summed E-state index contributed by atoms with van der Waals surface area (Å²) in [5.41, 5.74) is 0.996. The Morgan fingerprint density at radius 1 is 1.20 bits per heavy atom. The van der Waals surface area contributed by atoms with Crippen molar-refractivity contribution < 1.29 is 13.9 Å². The van der Waals surface area contributed by atoms with E-state index in [-0.39, 0.29) is 11.6 Å². The number of para-hydroxylation sites is 2. The minimum Gasteiger partial charge on any atom is -0.492 e. The Kier molecular flexibility index (Phi) is 5.26. The molecule has 3 aromatic rings. The third kappa shape index (κ3) is 4.35. The molecule has 25 heavy (non-hydrogen) atoms. The van der Waals surface area contributed by atoms with Crippen LogP contribution in [0.25, 0.3) is 0 Å². The maximum atomic E-state index is 12.2. The zero-order chi connectivity index (χ0) is 17.5. The molecule has 0 spiro atoms. The average Bonchev–Trinajstić information content (AvgIpc) is 3.15. The third-order valence-corrected chi connectivity index (χ3v) is 3.32. The minimum atomic E-state index is -0.306. The van der Waals surface area contributed by atoms with Crippen LogP contribution >= 0.6 is 0 Å². The van der Waals surface area contributed by atoms with Gasteiger partial charge in [-0.25, -0.2) is 9.97 Å². The first-order valence-electron chi connectivity index (χ1n) is 7.88. The fourth-order valence-electron chi connectivity index (χ4n) is 2.19. The van der Waals surface area contributed by atoms with Gasteiger partial charge in [0.05, 0.1) is 25.1 Å². The van der Waals surface area contributed by atoms with Crippen molar-refractivity contribution in [2.45, 2.75) is 13.5 Å². The zero-order valence-corrected chi connectivity index (χ0v) is 13.7. The van der Waals surface area contributed by atoms with Gasteiger partial charge in [0, 0.05) is 6.20 Å². The summed E-state index contributed by atoms with van der Waals surface area (Å²) in [6.45, 7) is 2.76. The second-order valence-corrected chi connectivity index (χ2v) is 5.08. The van der Waals surface area contributed by atoms with E-state index in [9.17, 15) is 4.79 Å². The lowest BCUT2D eigenvalue weighted by Crippen LogP contribution is -2.24. The molecule has 0 radical (unpaired) electrons. The summed E-state index contributed by atoms with van der Waals surface area (Å²) in [6, 6.07) is 12.6. The molecule has 0 saturated carbocycles. The molecule has 128 valence electrons. The topological polar surface area (TPSA) is 89.3 Å². The lowest BCUT2D eigenvalue weighted by Gasteiger charge is -2.11. The molecular formula is C18H18N4O3. The minimum absolute atomic E-state index is 0.262. The van der Waals surface area contributed by atoms with Gasteiger partial charge in [-0.05, 0) is 37.3 Å². The second-order valence-electron chi connectivity index (χ2n) is 5.08. The SMILES string of the molecule is CCOc1ccccc1Nc1nccc(C(=O)NCc2ccco2)n1. The van der Waals surface area contributed by atoms with Crippen LogP contribution in [0.5, 0.6) is 5.75 Å². The summed E-state index contributed by atoms with van der Waals surface area (Å²) in [5.74, 6) is 1.38. The van der Waals surface area contributed by atoms with Gasteiger partial charge in [-0.15, -0.1) is 0 Å². The predicted molar refractivity (Wildman–Crippen MR) is 92.8 cm³/mol. The van der Waals surface area contributed by atoms with Gasteiger partial charge in [-0.3, -0.25) is 4.79 Å². The lowest BCUT2D eigenvalue weighted by molar-refractivity contribution is 0.0943. The van der Waals surface area contributed by atoms with Gasteiger partial charge in [0.25, 0.3) is 5.91 Å². The van der Waals surface area contributed by atoms with Crippen molar-refractivity contribution in [2.24, 2.45) is 0 Å². The molecule has 3 rings (SSSR count). The maximum Gasteiger partial charge on any atom is 0.270 e. The molecule has 0 unspecified atom stereocenters. The Bertz CT molecular complexity index is 834. The molecular weight excluding hydrogens is 320 g/mol. The highest BCUT2D eigenvalue weighted by molar-refractivity contribution is 5.92. The van der Waals surface area contributed by atoms with Crippen LogP contribution < -0.4 is 15.4 Å². The zero-order valence-electron chi connectivity index (χ0n) is 13.7. The summed E-state index contributed by atoms with van der Waals surface area (Å²) in [7, 11) is 0. The van der Waals surface area contributed by atoms with Gasteiger partial charge in [0.2, 0.25) is 5.95 Å². The molecule has 0 bridgehead atoms. The molecule has 0 fully saturated rings. The molecule has 7 heteroatoms. The number of hydrogen-bond donors (Lipinski definition) is 2. The largest absolute Gasteiger partial charge is 0.492 e. The predicted octanol–water partition coefficient (Wildman–Crippen LogP) is 3.14. The van der Waals surface area contributed by atoms with E-state index >= 15 is 0 Å². The second kappa shape index (κ2) is 7.96. The number of carbonyl (C=O) groups excluding carboxylic acids is 1. The Labute approximate surface area is 145 Å². The number of benzene rings is 1. The van der Waals surface area contributed by atoms with E-state index in [1.807, 2.05) is 31.2 Å². The quantitative estimate of drug-likeness (QED) is 0.688. The third-order valence-electron chi connectivity index (χ3n) is 3.32. The summed E-state index contributed by atoms with van der Waals surface area (Å²) in [5, 5.41) is 5.83. The Hall–Kier alpha value is -3.35. The van der Waals surface area contributed by atoms with Crippen LogP contribution in [0.3, 0.4) is 0 Å². The van der Waals surface area contributed by atoms with Gasteiger partial charge in [0.15, 0.2) is 0 Å². The lowest BCUT2D eigenvalue weighted by atomic mass is 10.3. The van der Waals surface area contributed by atoms with Crippen molar-refractivity contribution >= 4 is 17.5 Å². The van der Waals surface area contributed by atoms with Crippen LogP contribution in [0, 0.1) is 0 Å². The van der Waals surface area contributed by atoms with E-state index < -0.39 is 0 Å². The molecule has 2 heterocycles. The number of amides is 1. The normalized spacial score (nSPS) is 10.3. The summed E-state index contributed by atoms with van der Waals surface area (Å²) in [4.78, 5) is 20.6. The first-order valence-corrected chi connectivity index (χ1v) is 7.88. The van der Waals surface area contributed by atoms with Gasteiger partial charge in [0.1, 0.15) is 17.2 Å². The van der Waals surface area contributed by atoms with Crippen LogP contribution in [0.2, 0.25) is 0 Å². The molecule has 0 aliphatic heterocycles. The maximum absolute atomic E-state index is 12.2. The molecule has 1 aromatic carbocycles. The van der Waals surface area contributed by atoms with Crippen molar-refractivity contribution in [1.29, 1.82) is 0 Å². The van der Waals surface area contributed by atoms with E-state index in [2.05, 4.69) is 20.6 Å². The van der Waals surface area contributed by atoms with E-state index in [0.29, 0.717) is 30.6 Å². The van der Waals surface area contributed by atoms with E-state index in [4.69, 9.17) is 9.15 Å². The number of aromatic nitrogens is 2. The van der Waals surface area contributed by atoms with Crippen LogP contribution in [0.4, 0.5) is 11.6 Å². The fourth-order valence-corrected chi connectivity index (χ4v) is 2.19. The van der Waals surface area contributed by atoms with Crippen molar-refractivity contribution in [3.63, 3.8) is 0 Å². The Morgan fingerprint density at radius 2 is 2.08 bits per heavy atom. The summed E-state index contributed by atoms with van der Waals surface area (Å²) >= 11 is 0. The van der Waals surface area contributed by atoms with Crippen LogP contribution in [-0.4, -0.2) is 22.5 Å². The van der Waals surface area contributed by atoms with Crippen molar-refractivity contribution in [1.82, 2.24) is 15.3 Å². The Balaban J connectivity index is 1.70. The van der Waals surface area contributed by atoms with Crippen LogP contribution in [0.1, 0.15) is 23.2 Å². The molecule has 1 amide bonds. The molecule has 0 aliphatic carbocycles. The van der Waals surface area contributed by atoms with E-state index in [0.717, 1.165) is 5.69 Å². The van der Waals surface area contributed by atoms with Gasteiger partial charge in [-0.1, -0.05) is 12.1 Å². The number of nitrogens with zero attached hydrogens (tertiary/aromatic N) is 2. The molecule has 2 N–H and O–H groups in total.